The van der Waals surface area contributed by atoms with Gasteiger partial charge in [-0.2, -0.15) is 0 Å². The number of likely N-dealkylation sites (tertiary alicyclic amines) is 1. The van der Waals surface area contributed by atoms with Crippen LogP contribution in [-0.2, 0) is 16.0 Å². The van der Waals surface area contributed by atoms with Crippen LogP contribution in [0.15, 0.2) is 18.2 Å². The number of amides is 1. The van der Waals surface area contributed by atoms with Crippen LogP contribution in [0.25, 0.3) is 0 Å². The third kappa shape index (κ3) is 3.64. The maximum Gasteiger partial charge on any atom is 0.225 e. The van der Waals surface area contributed by atoms with Gasteiger partial charge in [-0.3, -0.25) is 4.79 Å². The summed E-state index contributed by atoms with van der Waals surface area (Å²) < 4.78 is 31.8. The Labute approximate surface area is 129 Å². The van der Waals surface area contributed by atoms with Gasteiger partial charge < -0.3 is 9.64 Å². The van der Waals surface area contributed by atoms with Crippen LogP contribution in [0.4, 0.5) is 8.78 Å². The molecule has 2 heterocycles. The van der Waals surface area contributed by atoms with Gasteiger partial charge in [0.2, 0.25) is 5.91 Å². The second-order valence-electron chi connectivity index (χ2n) is 6.31. The molecule has 0 radical (unpaired) electrons. The molecule has 0 spiro atoms. The van der Waals surface area contributed by atoms with Gasteiger partial charge >= 0.3 is 0 Å². The zero-order chi connectivity index (χ0) is 15.5. The largest absolute Gasteiger partial charge is 0.381 e. The number of benzene rings is 1. The first-order chi connectivity index (χ1) is 10.6. The Morgan fingerprint density at radius 1 is 1.14 bits per heavy atom. The predicted octanol–water partition coefficient (Wildman–Crippen LogP) is 2.78. The molecule has 1 aromatic rings. The topological polar surface area (TPSA) is 29.5 Å². The maximum atomic E-state index is 13.2. The lowest BCUT2D eigenvalue weighted by Crippen LogP contribution is -2.37. The quantitative estimate of drug-likeness (QED) is 0.859. The van der Waals surface area contributed by atoms with Crippen molar-refractivity contribution >= 4 is 5.91 Å². The van der Waals surface area contributed by atoms with Gasteiger partial charge in [0, 0.05) is 38.3 Å². The summed E-state index contributed by atoms with van der Waals surface area (Å²) in [6, 6.07) is 3.65. The molecule has 0 bridgehead atoms. The van der Waals surface area contributed by atoms with Crippen LogP contribution >= 0.6 is 0 Å². The molecule has 1 atom stereocenters. The van der Waals surface area contributed by atoms with E-state index in [9.17, 15) is 13.6 Å². The first-order valence-corrected chi connectivity index (χ1v) is 7.93. The summed E-state index contributed by atoms with van der Waals surface area (Å²) in [4.78, 5) is 14.4. The van der Waals surface area contributed by atoms with E-state index in [1.807, 2.05) is 4.90 Å². The molecule has 0 aliphatic carbocycles. The Hall–Kier alpha value is -1.49. The summed E-state index contributed by atoms with van der Waals surface area (Å²) in [6.45, 7) is 2.76. The molecule has 0 saturated carbocycles. The van der Waals surface area contributed by atoms with Gasteiger partial charge in [-0.15, -0.1) is 0 Å². The van der Waals surface area contributed by atoms with Crippen LogP contribution in [0.3, 0.4) is 0 Å². The van der Waals surface area contributed by atoms with E-state index in [4.69, 9.17) is 4.74 Å². The fraction of sp³-hybridized carbons (Fsp3) is 0.588. The van der Waals surface area contributed by atoms with Gasteiger partial charge in [0.05, 0.1) is 0 Å². The summed E-state index contributed by atoms with van der Waals surface area (Å²) in [6.07, 6.45) is 3.11. The minimum atomic E-state index is -0.539. The zero-order valence-electron chi connectivity index (χ0n) is 12.6. The Morgan fingerprint density at radius 2 is 1.82 bits per heavy atom. The number of rotatable bonds is 3. The lowest BCUT2D eigenvalue weighted by molar-refractivity contribution is -0.137. The number of hydrogen-bond acceptors (Lipinski definition) is 2. The van der Waals surface area contributed by atoms with Crippen LogP contribution in [0, 0.1) is 23.5 Å². The van der Waals surface area contributed by atoms with E-state index in [1.165, 1.54) is 12.1 Å². The van der Waals surface area contributed by atoms with Crippen molar-refractivity contribution in [1.82, 2.24) is 4.90 Å². The zero-order valence-corrected chi connectivity index (χ0v) is 12.6. The van der Waals surface area contributed by atoms with E-state index in [2.05, 4.69) is 0 Å². The number of carbonyl (C=O) groups is 1. The third-order valence-electron chi connectivity index (χ3n) is 4.61. The molecule has 3 nitrogen and oxygen atoms in total. The molecule has 2 aliphatic heterocycles. The summed E-state index contributed by atoms with van der Waals surface area (Å²) in [5, 5.41) is 0. The van der Waals surface area contributed by atoms with Crippen molar-refractivity contribution in [3.8, 4) is 0 Å². The van der Waals surface area contributed by atoms with E-state index in [0.717, 1.165) is 31.9 Å². The molecule has 1 unspecified atom stereocenters. The van der Waals surface area contributed by atoms with E-state index in [-0.39, 0.29) is 17.7 Å². The lowest BCUT2D eigenvalue weighted by Gasteiger charge is -2.26. The molecule has 120 valence electrons. The summed E-state index contributed by atoms with van der Waals surface area (Å²) in [5.41, 5.74) is 0.669. The lowest BCUT2D eigenvalue weighted by atomic mass is 9.97. The third-order valence-corrected chi connectivity index (χ3v) is 4.61. The van der Waals surface area contributed by atoms with Crippen LogP contribution in [0.1, 0.15) is 24.8 Å². The first kappa shape index (κ1) is 15.4. The Morgan fingerprint density at radius 3 is 2.50 bits per heavy atom. The van der Waals surface area contributed by atoms with E-state index in [0.29, 0.717) is 31.7 Å². The minimum Gasteiger partial charge on any atom is -0.381 e. The summed E-state index contributed by atoms with van der Waals surface area (Å²) in [5.74, 6) is -0.494. The van der Waals surface area contributed by atoms with Gasteiger partial charge in [-0.05, 0) is 49.3 Å². The van der Waals surface area contributed by atoms with Crippen molar-refractivity contribution in [2.24, 2.45) is 11.8 Å². The molecule has 22 heavy (non-hydrogen) atoms. The average Bonchev–Trinajstić information content (AvgIpc) is 2.95. The number of nitrogens with zero attached hydrogens (tertiary/aromatic N) is 1. The average molecular weight is 309 g/mol. The molecule has 3 rings (SSSR count). The van der Waals surface area contributed by atoms with Crippen molar-refractivity contribution < 1.29 is 18.3 Å². The molecule has 2 saturated heterocycles. The number of carbonyl (C=O) groups excluding carboxylic acids is 1. The van der Waals surface area contributed by atoms with E-state index >= 15 is 0 Å². The molecule has 2 aliphatic rings. The molecule has 0 N–H and O–H groups in total. The molecular formula is C17H21F2NO2. The van der Waals surface area contributed by atoms with Gasteiger partial charge in [-0.1, -0.05) is 0 Å². The highest BCUT2D eigenvalue weighted by molar-refractivity contribution is 5.79. The van der Waals surface area contributed by atoms with Crippen LogP contribution in [0.5, 0.6) is 0 Å². The molecular weight excluding hydrogens is 288 g/mol. The number of halogens is 2. The first-order valence-electron chi connectivity index (χ1n) is 7.93. The van der Waals surface area contributed by atoms with E-state index in [1.54, 1.807) is 0 Å². The van der Waals surface area contributed by atoms with Crippen molar-refractivity contribution in [3.63, 3.8) is 0 Å². The highest BCUT2D eigenvalue weighted by Crippen LogP contribution is 2.25. The molecule has 1 amide bonds. The molecule has 0 aromatic heterocycles. The Bertz CT molecular complexity index is 523. The number of ether oxygens (including phenoxy) is 1. The second-order valence-corrected chi connectivity index (χ2v) is 6.31. The smallest absolute Gasteiger partial charge is 0.225 e. The molecule has 5 heteroatoms. The predicted molar refractivity (Wildman–Crippen MR) is 78.3 cm³/mol. The summed E-state index contributed by atoms with van der Waals surface area (Å²) >= 11 is 0. The van der Waals surface area contributed by atoms with Gasteiger partial charge in [0.15, 0.2) is 0 Å². The maximum absolute atomic E-state index is 13.2. The van der Waals surface area contributed by atoms with Crippen LogP contribution in [-0.4, -0.2) is 37.1 Å². The van der Waals surface area contributed by atoms with E-state index < -0.39 is 11.6 Å². The Balaban J connectivity index is 1.56. The van der Waals surface area contributed by atoms with Crippen molar-refractivity contribution in [2.75, 3.05) is 26.3 Å². The highest BCUT2D eigenvalue weighted by Gasteiger charge is 2.31. The molecule has 1 aromatic carbocycles. The van der Waals surface area contributed by atoms with Crippen LogP contribution < -0.4 is 0 Å². The fourth-order valence-corrected chi connectivity index (χ4v) is 3.46. The monoisotopic (exact) mass is 309 g/mol. The highest BCUT2D eigenvalue weighted by atomic mass is 19.1. The Kier molecular flexibility index (Phi) is 4.71. The van der Waals surface area contributed by atoms with Crippen LogP contribution in [0.2, 0.25) is 0 Å². The fourth-order valence-electron chi connectivity index (χ4n) is 3.46. The second kappa shape index (κ2) is 6.73. The SMILES string of the molecule is O=C(C1CCOCC1)N1CCC(Cc2cc(F)cc(F)c2)C1. The standard InChI is InChI=1S/C17H21F2NO2/c18-15-8-13(9-16(19)10-15)7-12-1-4-20(11-12)17(21)14-2-5-22-6-3-14/h8-10,12,14H,1-7,11H2. The van der Waals surface area contributed by atoms with Gasteiger partial charge in [0.25, 0.3) is 0 Å². The number of hydrogen-bond donors (Lipinski definition) is 0. The van der Waals surface area contributed by atoms with Crippen molar-refractivity contribution in [2.45, 2.75) is 25.7 Å². The van der Waals surface area contributed by atoms with Gasteiger partial charge in [0.1, 0.15) is 11.6 Å². The molecule has 2 fully saturated rings. The minimum absolute atomic E-state index is 0.0825. The van der Waals surface area contributed by atoms with Gasteiger partial charge in [-0.25, -0.2) is 8.78 Å². The van der Waals surface area contributed by atoms with Crippen molar-refractivity contribution in [1.29, 1.82) is 0 Å². The normalized spacial score (nSPS) is 23.0. The van der Waals surface area contributed by atoms with Crippen molar-refractivity contribution in [3.05, 3.63) is 35.4 Å². The summed E-state index contributed by atoms with van der Waals surface area (Å²) in [7, 11) is 0.